The Morgan fingerprint density at radius 1 is 1.18 bits per heavy atom. The van der Waals surface area contributed by atoms with Crippen LogP contribution in [0.1, 0.15) is 18.7 Å². The molecule has 1 aromatic heterocycles. The van der Waals surface area contributed by atoms with Crippen LogP contribution in [-0.2, 0) is 0 Å². The molecule has 0 fully saturated rings. The highest BCUT2D eigenvalue weighted by molar-refractivity contribution is 5.60. The Bertz CT molecular complexity index is 494. The summed E-state index contributed by atoms with van der Waals surface area (Å²) in [4.78, 5) is 8.38. The zero-order valence-corrected chi connectivity index (χ0v) is 9.92. The molecule has 0 aliphatic rings. The van der Waals surface area contributed by atoms with Gasteiger partial charge in [0.25, 0.3) is 0 Å². The molecule has 1 unspecified atom stereocenters. The lowest BCUT2D eigenvalue weighted by atomic mass is 10.1. The second-order valence-electron chi connectivity index (χ2n) is 3.85. The van der Waals surface area contributed by atoms with Gasteiger partial charge in [-0.15, -0.1) is 0 Å². The van der Waals surface area contributed by atoms with Gasteiger partial charge in [0.2, 0.25) is 0 Å². The zero-order valence-electron chi connectivity index (χ0n) is 9.92. The van der Waals surface area contributed by atoms with Gasteiger partial charge in [0.1, 0.15) is 12.1 Å². The molecule has 2 N–H and O–H groups in total. The quantitative estimate of drug-likeness (QED) is 0.876. The number of ether oxygens (including phenoxy) is 1. The molecule has 0 saturated heterocycles. The molecule has 0 bridgehead atoms. The van der Waals surface area contributed by atoms with E-state index >= 15 is 0 Å². The number of rotatable bonds is 3. The molecule has 2 aromatic rings. The smallest absolute Gasteiger partial charge is 0.118 e. The van der Waals surface area contributed by atoms with E-state index in [0.29, 0.717) is 0 Å². The molecule has 1 heterocycles. The van der Waals surface area contributed by atoms with Crippen molar-refractivity contribution in [1.29, 1.82) is 0 Å². The number of nitrogens with zero attached hydrogens (tertiary/aromatic N) is 2. The van der Waals surface area contributed by atoms with Crippen LogP contribution >= 0.6 is 0 Å². The van der Waals surface area contributed by atoms with Crippen molar-refractivity contribution in [2.75, 3.05) is 7.11 Å². The SMILES string of the molecule is COc1ccc(-c2cc(C(C)N)ncn2)cc1. The fourth-order valence-corrected chi connectivity index (χ4v) is 1.54. The van der Waals surface area contributed by atoms with Crippen LogP contribution in [0.5, 0.6) is 5.75 Å². The van der Waals surface area contributed by atoms with E-state index in [1.54, 1.807) is 7.11 Å². The average Bonchev–Trinajstić information content (AvgIpc) is 2.39. The van der Waals surface area contributed by atoms with Crippen molar-refractivity contribution in [1.82, 2.24) is 9.97 Å². The Labute approximate surface area is 100 Å². The van der Waals surface area contributed by atoms with Crippen LogP contribution in [0, 0.1) is 0 Å². The molecule has 2 rings (SSSR count). The molecule has 0 saturated carbocycles. The predicted octanol–water partition coefficient (Wildman–Crippen LogP) is 2.17. The third kappa shape index (κ3) is 2.60. The highest BCUT2D eigenvalue weighted by Crippen LogP contribution is 2.21. The van der Waals surface area contributed by atoms with Gasteiger partial charge in [0.05, 0.1) is 18.5 Å². The number of nitrogens with two attached hydrogens (primary N) is 1. The Kier molecular flexibility index (Phi) is 3.35. The second kappa shape index (κ2) is 4.93. The molecule has 4 heteroatoms. The van der Waals surface area contributed by atoms with Crippen molar-refractivity contribution in [2.45, 2.75) is 13.0 Å². The molecular formula is C13H15N3O. The molecule has 0 spiro atoms. The maximum Gasteiger partial charge on any atom is 0.118 e. The summed E-state index contributed by atoms with van der Waals surface area (Å²) in [6, 6.07) is 9.56. The van der Waals surface area contributed by atoms with E-state index in [1.807, 2.05) is 37.3 Å². The van der Waals surface area contributed by atoms with Crippen LogP contribution in [0.4, 0.5) is 0 Å². The molecule has 0 aliphatic carbocycles. The first kappa shape index (κ1) is 11.5. The molecule has 0 radical (unpaired) electrons. The Hall–Kier alpha value is -1.94. The van der Waals surface area contributed by atoms with E-state index in [9.17, 15) is 0 Å². The summed E-state index contributed by atoms with van der Waals surface area (Å²) in [6.07, 6.45) is 1.54. The van der Waals surface area contributed by atoms with Gasteiger partial charge in [-0.05, 0) is 37.3 Å². The van der Waals surface area contributed by atoms with Crippen LogP contribution in [0.2, 0.25) is 0 Å². The van der Waals surface area contributed by atoms with Gasteiger partial charge in [-0.1, -0.05) is 0 Å². The van der Waals surface area contributed by atoms with Crippen LogP contribution in [0.15, 0.2) is 36.7 Å². The average molecular weight is 229 g/mol. The minimum atomic E-state index is -0.0880. The number of hydrogen-bond donors (Lipinski definition) is 1. The summed E-state index contributed by atoms with van der Waals surface area (Å²) < 4.78 is 5.11. The van der Waals surface area contributed by atoms with Gasteiger partial charge in [-0.3, -0.25) is 0 Å². The predicted molar refractivity (Wildman–Crippen MR) is 66.6 cm³/mol. The van der Waals surface area contributed by atoms with Crippen LogP contribution in [0.25, 0.3) is 11.3 Å². The fraction of sp³-hybridized carbons (Fsp3) is 0.231. The van der Waals surface area contributed by atoms with Gasteiger partial charge in [-0.25, -0.2) is 9.97 Å². The van der Waals surface area contributed by atoms with Crippen molar-refractivity contribution >= 4 is 0 Å². The van der Waals surface area contributed by atoms with Crippen molar-refractivity contribution in [3.63, 3.8) is 0 Å². The molecule has 1 aromatic carbocycles. The third-order valence-corrected chi connectivity index (χ3v) is 2.54. The first-order chi connectivity index (χ1) is 8.20. The normalized spacial score (nSPS) is 12.2. The number of aromatic nitrogens is 2. The summed E-state index contributed by atoms with van der Waals surface area (Å²) in [5.41, 5.74) is 8.53. The number of benzene rings is 1. The summed E-state index contributed by atoms with van der Waals surface area (Å²) in [6.45, 7) is 1.90. The van der Waals surface area contributed by atoms with Crippen molar-refractivity contribution in [3.8, 4) is 17.0 Å². The van der Waals surface area contributed by atoms with Crippen LogP contribution in [-0.4, -0.2) is 17.1 Å². The minimum Gasteiger partial charge on any atom is -0.497 e. The summed E-state index contributed by atoms with van der Waals surface area (Å²) in [5, 5.41) is 0. The highest BCUT2D eigenvalue weighted by Gasteiger charge is 2.05. The van der Waals surface area contributed by atoms with Gasteiger partial charge >= 0.3 is 0 Å². The topological polar surface area (TPSA) is 61.0 Å². The second-order valence-corrected chi connectivity index (χ2v) is 3.85. The van der Waals surface area contributed by atoms with Crippen molar-refractivity contribution in [3.05, 3.63) is 42.4 Å². The molecule has 0 aliphatic heterocycles. The third-order valence-electron chi connectivity index (χ3n) is 2.54. The Balaban J connectivity index is 2.35. The molecule has 4 nitrogen and oxygen atoms in total. The van der Waals surface area contributed by atoms with E-state index in [1.165, 1.54) is 6.33 Å². The number of methoxy groups -OCH3 is 1. The highest BCUT2D eigenvalue weighted by atomic mass is 16.5. The molecule has 0 amide bonds. The summed E-state index contributed by atoms with van der Waals surface area (Å²) in [5.74, 6) is 0.829. The van der Waals surface area contributed by atoms with E-state index in [-0.39, 0.29) is 6.04 Å². The van der Waals surface area contributed by atoms with Crippen LogP contribution < -0.4 is 10.5 Å². The Morgan fingerprint density at radius 2 is 1.88 bits per heavy atom. The van der Waals surface area contributed by atoms with Gasteiger partial charge in [-0.2, -0.15) is 0 Å². The zero-order chi connectivity index (χ0) is 12.3. The van der Waals surface area contributed by atoms with Gasteiger partial charge in [0, 0.05) is 11.6 Å². The van der Waals surface area contributed by atoms with Crippen molar-refractivity contribution in [2.24, 2.45) is 5.73 Å². The molecule has 88 valence electrons. The first-order valence-corrected chi connectivity index (χ1v) is 5.42. The molecule has 1 atom stereocenters. The monoisotopic (exact) mass is 229 g/mol. The first-order valence-electron chi connectivity index (χ1n) is 5.42. The maximum atomic E-state index is 5.80. The standard InChI is InChI=1S/C13H15N3O/c1-9(14)12-7-13(16-8-15-12)10-3-5-11(17-2)6-4-10/h3-9H,14H2,1-2H3. The minimum absolute atomic E-state index is 0.0880. The lowest BCUT2D eigenvalue weighted by molar-refractivity contribution is 0.415. The summed E-state index contributed by atoms with van der Waals surface area (Å²) >= 11 is 0. The van der Waals surface area contributed by atoms with E-state index in [4.69, 9.17) is 10.5 Å². The van der Waals surface area contributed by atoms with Gasteiger partial charge in [0.15, 0.2) is 0 Å². The number of hydrogen-bond acceptors (Lipinski definition) is 4. The molecule has 17 heavy (non-hydrogen) atoms. The lowest BCUT2D eigenvalue weighted by Gasteiger charge is -2.07. The lowest BCUT2D eigenvalue weighted by Crippen LogP contribution is -2.07. The fourth-order valence-electron chi connectivity index (χ4n) is 1.54. The van der Waals surface area contributed by atoms with E-state index in [0.717, 1.165) is 22.7 Å². The van der Waals surface area contributed by atoms with Crippen molar-refractivity contribution < 1.29 is 4.74 Å². The van der Waals surface area contributed by atoms with E-state index < -0.39 is 0 Å². The largest absolute Gasteiger partial charge is 0.497 e. The van der Waals surface area contributed by atoms with E-state index in [2.05, 4.69) is 9.97 Å². The van der Waals surface area contributed by atoms with Crippen LogP contribution in [0.3, 0.4) is 0 Å². The van der Waals surface area contributed by atoms with Gasteiger partial charge < -0.3 is 10.5 Å². The summed E-state index contributed by atoms with van der Waals surface area (Å²) in [7, 11) is 1.65. The molecular weight excluding hydrogens is 214 g/mol. The maximum absolute atomic E-state index is 5.80. The Morgan fingerprint density at radius 3 is 2.47 bits per heavy atom.